The van der Waals surface area contributed by atoms with Gasteiger partial charge in [-0.05, 0) is 36.7 Å². The molecule has 0 aliphatic carbocycles. The molecule has 0 aromatic heterocycles. The normalized spacial score (nSPS) is 9.74. The lowest BCUT2D eigenvalue weighted by Gasteiger charge is -2.04. The maximum atomic E-state index is 11.5. The van der Waals surface area contributed by atoms with E-state index >= 15 is 0 Å². The minimum absolute atomic E-state index is 0.150. The van der Waals surface area contributed by atoms with Gasteiger partial charge in [-0.15, -0.1) is 0 Å². The number of nitrogens with zero attached hydrogens (tertiary/aromatic N) is 6. The van der Waals surface area contributed by atoms with Crippen molar-refractivity contribution in [1.29, 1.82) is 0 Å². The molecule has 0 aromatic carbocycles. The first kappa shape index (κ1) is 20.9. The Morgan fingerprint density at radius 2 is 1.13 bits per heavy atom. The van der Waals surface area contributed by atoms with Gasteiger partial charge in [-0.3, -0.25) is 9.59 Å². The molecule has 0 unspecified atom stereocenters. The van der Waals surface area contributed by atoms with Crippen LogP contribution in [-0.2, 0) is 14.3 Å². The van der Waals surface area contributed by atoms with Gasteiger partial charge < -0.3 is 4.74 Å². The molecule has 0 aliphatic heterocycles. The minimum atomic E-state index is 0.150. The summed E-state index contributed by atoms with van der Waals surface area (Å²) in [6, 6.07) is 0. The topological polar surface area (TPSA) is 141 Å². The molecule has 0 radical (unpaired) electrons. The summed E-state index contributed by atoms with van der Waals surface area (Å²) in [6.07, 6.45) is 4.31. The molecule has 0 rings (SSSR count). The predicted octanol–water partition coefficient (Wildman–Crippen LogP) is 3.88. The Labute approximate surface area is 135 Å². The first-order valence-electron chi connectivity index (χ1n) is 7.83. The summed E-state index contributed by atoms with van der Waals surface area (Å²) >= 11 is 0. The second-order valence-corrected chi connectivity index (χ2v) is 5.01. The van der Waals surface area contributed by atoms with Crippen molar-refractivity contribution in [3.63, 3.8) is 0 Å². The predicted molar refractivity (Wildman–Crippen MR) is 85.8 cm³/mol. The quantitative estimate of drug-likeness (QED) is 0.184. The Kier molecular flexibility index (Phi) is 14.8. The fourth-order valence-electron chi connectivity index (χ4n) is 1.88. The highest BCUT2D eigenvalue weighted by molar-refractivity contribution is 5.78. The number of Topliss-reactive ketones (excluding diaryl/α,β-unsaturated/α-hetero) is 2. The molecule has 0 bridgehead atoms. The Morgan fingerprint density at radius 3 is 1.52 bits per heavy atom. The molecule has 0 amide bonds. The van der Waals surface area contributed by atoms with E-state index in [2.05, 4.69) is 20.1 Å². The first-order chi connectivity index (χ1) is 11.2. The van der Waals surface area contributed by atoms with Crippen LogP contribution in [-0.4, -0.2) is 37.9 Å². The lowest BCUT2D eigenvalue weighted by molar-refractivity contribution is -0.119. The van der Waals surface area contributed by atoms with Gasteiger partial charge in [0.1, 0.15) is 11.6 Å². The molecule has 9 heteroatoms. The molecule has 0 aromatic rings. The van der Waals surface area contributed by atoms with E-state index in [9.17, 15) is 9.59 Å². The van der Waals surface area contributed by atoms with Crippen LogP contribution in [0.25, 0.3) is 20.9 Å². The van der Waals surface area contributed by atoms with Gasteiger partial charge in [-0.2, -0.15) is 0 Å². The van der Waals surface area contributed by atoms with Crippen LogP contribution in [0.3, 0.4) is 0 Å². The van der Waals surface area contributed by atoms with Gasteiger partial charge in [0.15, 0.2) is 0 Å². The van der Waals surface area contributed by atoms with Crippen molar-refractivity contribution in [2.45, 2.75) is 51.4 Å². The second-order valence-electron chi connectivity index (χ2n) is 5.01. The van der Waals surface area contributed by atoms with E-state index in [1.54, 1.807) is 0 Å². The van der Waals surface area contributed by atoms with Gasteiger partial charge in [-0.1, -0.05) is 10.2 Å². The van der Waals surface area contributed by atoms with Gasteiger partial charge in [0.05, 0.1) is 0 Å². The Hall–Kier alpha value is -2.08. The van der Waals surface area contributed by atoms with E-state index < -0.39 is 0 Å². The highest BCUT2D eigenvalue weighted by Crippen LogP contribution is 2.02. The van der Waals surface area contributed by atoms with Gasteiger partial charge in [0, 0.05) is 61.8 Å². The molecule has 0 saturated carbocycles. The summed E-state index contributed by atoms with van der Waals surface area (Å²) < 4.78 is 5.38. The molecule has 0 saturated heterocycles. The van der Waals surface area contributed by atoms with E-state index in [1.165, 1.54) is 0 Å². The molecular formula is C14H24N6O3. The van der Waals surface area contributed by atoms with Gasteiger partial charge >= 0.3 is 0 Å². The van der Waals surface area contributed by atoms with Crippen LogP contribution in [0, 0.1) is 0 Å². The standard InChI is InChI=1S/C14H24N6O3/c15-19-17-9-1-5-13(21)7-3-11-23-12-4-8-14(22)6-2-10-18-20-16/h1-12H2. The SMILES string of the molecule is [N-]=[N+]=NCCCC(=O)CCCOCCCC(=O)CCCN=[N+]=[N-]. The molecule has 0 N–H and O–H groups in total. The van der Waals surface area contributed by atoms with E-state index in [0.717, 1.165) is 0 Å². The number of carbonyl (C=O) groups is 2. The molecule has 9 nitrogen and oxygen atoms in total. The highest BCUT2D eigenvalue weighted by atomic mass is 16.5. The van der Waals surface area contributed by atoms with Crippen molar-refractivity contribution in [3.8, 4) is 0 Å². The third-order valence-corrected chi connectivity index (χ3v) is 3.04. The Bertz CT molecular complexity index is 402. The second kappa shape index (κ2) is 16.3. The molecule has 0 fully saturated rings. The lowest BCUT2D eigenvalue weighted by Crippen LogP contribution is -2.05. The number of hydrogen-bond donors (Lipinski definition) is 0. The average molecular weight is 324 g/mol. The van der Waals surface area contributed by atoms with Crippen LogP contribution in [0.4, 0.5) is 0 Å². The fourth-order valence-corrected chi connectivity index (χ4v) is 1.88. The zero-order chi connectivity index (χ0) is 17.2. The molecule has 0 aliphatic rings. The zero-order valence-corrected chi connectivity index (χ0v) is 13.4. The monoisotopic (exact) mass is 324 g/mol. The van der Waals surface area contributed by atoms with Crippen LogP contribution < -0.4 is 0 Å². The van der Waals surface area contributed by atoms with Crippen molar-refractivity contribution < 1.29 is 14.3 Å². The molecule has 0 spiro atoms. The van der Waals surface area contributed by atoms with Crippen LogP contribution in [0.1, 0.15) is 51.4 Å². The lowest BCUT2D eigenvalue weighted by atomic mass is 10.1. The third-order valence-electron chi connectivity index (χ3n) is 3.04. The van der Waals surface area contributed by atoms with E-state index in [4.69, 9.17) is 15.8 Å². The van der Waals surface area contributed by atoms with Crippen molar-refractivity contribution in [2.75, 3.05) is 26.3 Å². The maximum absolute atomic E-state index is 11.5. The Morgan fingerprint density at radius 1 is 0.739 bits per heavy atom. The fraction of sp³-hybridized carbons (Fsp3) is 0.857. The number of azide groups is 2. The van der Waals surface area contributed by atoms with Gasteiger partial charge in [-0.25, -0.2) is 0 Å². The van der Waals surface area contributed by atoms with Crippen molar-refractivity contribution >= 4 is 11.6 Å². The minimum Gasteiger partial charge on any atom is -0.381 e. The third kappa shape index (κ3) is 16.1. The van der Waals surface area contributed by atoms with Crippen LogP contribution in [0.5, 0.6) is 0 Å². The summed E-state index contributed by atoms with van der Waals surface area (Å²) in [7, 11) is 0. The van der Waals surface area contributed by atoms with E-state index in [-0.39, 0.29) is 11.6 Å². The maximum Gasteiger partial charge on any atom is 0.132 e. The highest BCUT2D eigenvalue weighted by Gasteiger charge is 2.03. The Balaban J connectivity index is 3.35. The van der Waals surface area contributed by atoms with Gasteiger partial charge in [0.25, 0.3) is 0 Å². The van der Waals surface area contributed by atoms with Gasteiger partial charge in [0.2, 0.25) is 0 Å². The average Bonchev–Trinajstić information content (AvgIpc) is 2.54. The van der Waals surface area contributed by atoms with Crippen LogP contribution in [0.15, 0.2) is 10.2 Å². The summed E-state index contributed by atoms with van der Waals surface area (Å²) in [5.41, 5.74) is 16.2. The smallest absolute Gasteiger partial charge is 0.132 e. The summed E-state index contributed by atoms with van der Waals surface area (Å²) in [5.74, 6) is 0.300. The van der Waals surface area contributed by atoms with E-state index in [0.29, 0.717) is 77.7 Å². The van der Waals surface area contributed by atoms with Crippen LogP contribution >= 0.6 is 0 Å². The van der Waals surface area contributed by atoms with Crippen LogP contribution in [0.2, 0.25) is 0 Å². The molecular weight excluding hydrogens is 300 g/mol. The summed E-state index contributed by atoms with van der Waals surface area (Å²) in [4.78, 5) is 28.2. The number of hydrogen-bond acceptors (Lipinski definition) is 5. The molecule has 0 heterocycles. The number of carbonyl (C=O) groups excluding carboxylic acids is 2. The number of ketones is 2. The largest absolute Gasteiger partial charge is 0.381 e. The molecule has 128 valence electrons. The number of rotatable bonds is 16. The van der Waals surface area contributed by atoms with E-state index in [1.807, 2.05) is 0 Å². The van der Waals surface area contributed by atoms with Crippen molar-refractivity contribution in [2.24, 2.45) is 10.2 Å². The molecule has 0 atom stereocenters. The number of ether oxygens (including phenoxy) is 1. The molecule has 23 heavy (non-hydrogen) atoms. The van der Waals surface area contributed by atoms with Crippen molar-refractivity contribution in [1.82, 2.24) is 0 Å². The summed E-state index contributed by atoms with van der Waals surface area (Å²) in [5, 5.41) is 6.74. The summed E-state index contributed by atoms with van der Waals surface area (Å²) in [6.45, 7) is 1.73. The van der Waals surface area contributed by atoms with Crippen molar-refractivity contribution in [3.05, 3.63) is 20.9 Å². The zero-order valence-electron chi connectivity index (χ0n) is 13.4. The first-order valence-corrected chi connectivity index (χ1v) is 7.83.